The van der Waals surface area contributed by atoms with Gasteiger partial charge in [-0.05, 0) is 29.3 Å². The van der Waals surface area contributed by atoms with Crippen molar-refractivity contribution in [1.82, 2.24) is 15.0 Å². The molecule has 0 unspecified atom stereocenters. The molecule has 122 valence electrons. The van der Waals surface area contributed by atoms with Crippen LogP contribution in [0.15, 0.2) is 71.7 Å². The number of anilines is 2. The second kappa shape index (κ2) is 6.37. The molecule has 0 aliphatic carbocycles. The maximum Gasteiger partial charge on any atom is 0.262 e. The van der Waals surface area contributed by atoms with Gasteiger partial charge in [0.15, 0.2) is 5.65 Å². The molecule has 0 aliphatic rings. The quantitative estimate of drug-likeness (QED) is 0.576. The molecule has 6 heteroatoms. The zero-order valence-electron chi connectivity index (χ0n) is 13.0. The SMILES string of the molecule is O=c1[nH]c(Nc2ccccc2Cl)nc2nccc(-c3ccccc3)c12. The third kappa shape index (κ3) is 2.97. The first-order chi connectivity index (χ1) is 12.2. The highest BCUT2D eigenvalue weighted by Crippen LogP contribution is 2.26. The summed E-state index contributed by atoms with van der Waals surface area (Å²) in [5.74, 6) is 0.295. The third-order valence-electron chi connectivity index (χ3n) is 3.82. The van der Waals surface area contributed by atoms with Crippen LogP contribution in [0, 0.1) is 0 Å². The standard InChI is InChI=1S/C19H13ClN4O/c20-14-8-4-5-9-15(14)22-19-23-17-16(18(25)24-19)13(10-11-21-17)12-6-2-1-3-7-12/h1-11H,(H2,21,22,23,24,25). The van der Waals surface area contributed by atoms with Gasteiger partial charge in [0.2, 0.25) is 5.95 Å². The molecule has 5 nitrogen and oxygen atoms in total. The highest BCUT2D eigenvalue weighted by molar-refractivity contribution is 6.33. The van der Waals surface area contributed by atoms with E-state index >= 15 is 0 Å². The van der Waals surface area contributed by atoms with Crippen LogP contribution in [0.3, 0.4) is 0 Å². The van der Waals surface area contributed by atoms with Gasteiger partial charge in [-0.2, -0.15) is 4.98 Å². The first-order valence-corrected chi connectivity index (χ1v) is 8.06. The van der Waals surface area contributed by atoms with Gasteiger partial charge in [-0.1, -0.05) is 54.1 Å². The van der Waals surface area contributed by atoms with Gasteiger partial charge >= 0.3 is 0 Å². The lowest BCUT2D eigenvalue weighted by Crippen LogP contribution is -2.13. The maximum absolute atomic E-state index is 12.7. The lowest BCUT2D eigenvalue weighted by atomic mass is 10.0. The van der Waals surface area contributed by atoms with Crippen molar-refractivity contribution in [2.75, 3.05) is 5.32 Å². The number of H-pyrrole nitrogens is 1. The van der Waals surface area contributed by atoms with Gasteiger partial charge in [-0.3, -0.25) is 9.78 Å². The van der Waals surface area contributed by atoms with E-state index in [1.165, 1.54) is 0 Å². The minimum absolute atomic E-state index is 0.258. The second-order valence-electron chi connectivity index (χ2n) is 5.44. The third-order valence-corrected chi connectivity index (χ3v) is 4.15. The Labute approximate surface area is 148 Å². The highest BCUT2D eigenvalue weighted by Gasteiger charge is 2.11. The van der Waals surface area contributed by atoms with E-state index in [1.807, 2.05) is 48.5 Å². The summed E-state index contributed by atoms with van der Waals surface area (Å²) in [6.45, 7) is 0. The average Bonchev–Trinajstić information content (AvgIpc) is 2.64. The first-order valence-electron chi connectivity index (χ1n) is 7.68. The summed E-state index contributed by atoms with van der Waals surface area (Å²) in [6.07, 6.45) is 1.65. The van der Waals surface area contributed by atoms with Crippen LogP contribution in [0.1, 0.15) is 0 Å². The van der Waals surface area contributed by atoms with E-state index in [9.17, 15) is 4.79 Å². The molecule has 4 aromatic rings. The summed E-state index contributed by atoms with van der Waals surface area (Å²) in [5.41, 5.74) is 2.51. The van der Waals surface area contributed by atoms with E-state index < -0.39 is 0 Å². The summed E-state index contributed by atoms with van der Waals surface area (Å²) in [5, 5.41) is 4.02. The normalized spacial score (nSPS) is 10.8. The van der Waals surface area contributed by atoms with Crippen molar-refractivity contribution in [3.63, 3.8) is 0 Å². The van der Waals surface area contributed by atoms with E-state index in [0.29, 0.717) is 27.7 Å². The number of nitrogens with zero attached hydrogens (tertiary/aromatic N) is 2. The van der Waals surface area contributed by atoms with E-state index in [-0.39, 0.29) is 5.56 Å². The van der Waals surface area contributed by atoms with Gasteiger partial charge in [0.05, 0.1) is 16.1 Å². The molecule has 0 saturated carbocycles. The zero-order chi connectivity index (χ0) is 17.2. The Hall–Kier alpha value is -3.18. The predicted molar refractivity (Wildman–Crippen MR) is 100 cm³/mol. The van der Waals surface area contributed by atoms with Crippen LogP contribution >= 0.6 is 11.6 Å². The number of halogens is 1. The second-order valence-corrected chi connectivity index (χ2v) is 5.85. The Kier molecular flexibility index (Phi) is 3.91. The molecule has 2 N–H and O–H groups in total. The summed E-state index contributed by atoms with van der Waals surface area (Å²) in [7, 11) is 0. The number of hydrogen-bond acceptors (Lipinski definition) is 4. The smallest absolute Gasteiger partial charge is 0.262 e. The molecule has 4 rings (SSSR count). The fourth-order valence-electron chi connectivity index (χ4n) is 2.67. The molecule has 0 atom stereocenters. The lowest BCUT2D eigenvalue weighted by molar-refractivity contribution is 1.14. The Morgan fingerprint density at radius 2 is 1.72 bits per heavy atom. The van der Waals surface area contributed by atoms with Crippen molar-refractivity contribution in [3.8, 4) is 11.1 Å². The molecule has 0 bridgehead atoms. The number of aromatic nitrogens is 3. The fourth-order valence-corrected chi connectivity index (χ4v) is 2.85. The number of nitrogens with one attached hydrogen (secondary N) is 2. The largest absolute Gasteiger partial charge is 0.324 e. The van der Waals surface area contributed by atoms with Crippen LogP contribution in [0.25, 0.3) is 22.2 Å². The summed E-state index contributed by atoms with van der Waals surface area (Å²) in [4.78, 5) is 24.1. The summed E-state index contributed by atoms with van der Waals surface area (Å²) < 4.78 is 0. The van der Waals surface area contributed by atoms with Crippen LogP contribution in [0.2, 0.25) is 5.02 Å². The van der Waals surface area contributed by atoms with Crippen molar-refractivity contribution < 1.29 is 0 Å². The molecule has 0 fully saturated rings. The van der Waals surface area contributed by atoms with Crippen LogP contribution in [-0.4, -0.2) is 15.0 Å². The summed E-state index contributed by atoms with van der Waals surface area (Å²) >= 11 is 6.14. The van der Waals surface area contributed by atoms with Gasteiger partial charge in [0, 0.05) is 6.20 Å². The van der Waals surface area contributed by atoms with Crippen molar-refractivity contribution in [3.05, 3.63) is 82.2 Å². The molecule has 0 amide bonds. The number of pyridine rings is 1. The minimum Gasteiger partial charge on any atom is -0.324 e. The maximum atomic E-state index is 12.7. The Morgan fingerprint density at radius 1 is 0.960 bits per heavy atom. The molecule has 25 heavy (non-hydrogen) atoms. The van der Waals surface area contributed by atoms with Crippen molar-refractivity contribution in [1.29, 1.82) is 0 Å². The van der Waals surface area contributed by atoms with Crippen molar-refractivity contribution in [2.24, 2.45) is 0 Å². The minimum atomic E-state index is -0.258. The first kappa shape index (κ1) is 15.4. The molecule has 2 aromatic carbocycles. The van der Waals surface area contributed by atoms with E-state index in [4.69, 9.17) is 11.6 Å². The average molecular weight is 349 g/mol. The van der Waals surface area contributed by atoms with Crippen molar-refractivity contribution in [2.45, 2.75) is 0 Å². The van der Waals surface area contributed by atoms with Gasteiger partial charge < -0.3 is 5.32 Å². The van der Waals surface area contributed by atoms with Crippen LogP contribution in [-0.2, 0) is 0 Å². The molecular formula is C19H13ClN4O. The Balaban J connectivity index is 1.84. The summed E-state index contributed by atoms with van der Waals surface area (Å²) in [6, 6.07) is 18.7. The number of benzene rings is 2. The van der Waals surface area contributed by atoms with E-state index in [0.717, 1.165) is 11.1 Å². The molecule has 0 radical (unpaired) electrons. The number of para-hydroxylation sites is 1. The van der Waals surface area contributed by atoms with E-state index in [1.54, 1.807) is 18.3 Å². The monoisotopic (exact) mass is 348 g/mol. The van der Waals surface area contributed by atoms with Gasteiger partial charge in [0.1, 0.15) is 0 Å². The Morgan fingerprint density at radius 3 is 2.52 bits per heavy atom. The number of fused-ring (bicyclic) bond motifs is 1. The van der Waals surface area contributed by atoms with Crippen LogP contribution in [0.4, 0.5) is 11.6 Å². The topological polar surface area (TPSA) is 70.7 Å². The van der Waals surface area contributed by atoms with Gasteiger partial charge in [0.25, 0.3) is 5.56 Å². The van der Waals surface area contributed by atoms with Crippen molar-refractivity contribution >= 4 is 34.3 Å². The van der Waals surface area contributed by atoms with E-state index in [2.05, 4.69) is 20.3 Å². The molecule has 0 aliphatic heterocycles. The molecular weight excluding hydrogens is 336 g/mol. The fraction of sp³-hybridized carbons (Fsp3) is 0. The van der Waals surface area contributed by atoms with Crippen LogP contribution in [0.5, 0.6) is 0 Å². The molecule has 2 heterocycles. The van der Waals surface area contributed by atoms with Gasteiger partial charge in [-0.15, -0.1) is 0 Å². The Bertz CT molecular complexity index is 1110. The van der Waals surface area contributed by atoms with Crippen LogP contribution < -0.4 is 10.9 Å². The van der Waals surface area contributed by atoms with Gasteiger partial charge in [-0.25, -0.2) is 4.98 Å². The zero-order valence-corrected chi connectivity index (χ0v) is 13.8. The number of rotatable bonds is 3. The lowest BCUT2D eigenvalue weighted by Gasteiger charge is -2.09. The molecule has 2 aromatic heterocycles. The molecule has 0 spiro atoms. The number of hydrogen-bond donors (Lipinski definition) is 2. The number of aromatic amines is 1. The molecule has 0 saturated heterocycles. The predicted octanol–water partition coefficient (Wildman–Crippen LogP) is 4.38. The highest BCUT2D eigenvalue weighted by atomic mass is 35.5.